The number of aliphatic imine (C=N–C) groups is 1. The minimum Gasteiger partial charge on any atom is -0.398 e. The second kappa shape index (κ2) is 19.2. The van der Waals surface area contributed by atoms with Crippen LogP contribution in [-0.2, 0) is 6.54 Å². The summed E-state index contributed by atoms with van der Waals surface area (Å²) in [4.78, 5) is 5.52. The van der Waals surface area contributed by atoms with E-state index in [0.29, 0.717) is 12.2 Å². The monoisotopic (exact) mass is 870 g/mol. The Morgan fingerprint density at radius 2 is 0.692 bits per heavy atom. The van der Waals surface area contributed by atoms with Crippen LogP contribution in [0.15, 0.2) is 254 Å². The van der Waals surface area contributed by atoms with Crippen molar-refractivity contribution in [2.45, 2.75) is 27.3 Å². The molecular formula is C61H54N2Si2. The molecule has 2 nitrogen and oxygen atoms in total. The third-order valence-electron chi connectivity index (χ3n) is 13.0. The topological polar surface area (TPSA) is 38.4 Å². The molecule has 65 heavy (non-hydrogen) atoms. The van der Waals surface area contributed by atoms with Crippen LogP contribution in [0.25, 0.3) is 5.70 Å². The molecule has 4 heteroatoms. The first-order chi connectivity index (χ1) is 31.9. The van der Waals surface area contributed by atoms with Gasteiger partial charge in [0.15, 0.2) is 16.1 Å². The van der Waals surface area contributed by atoms with Crippen molar-refractivity contribution in [3.8, 4) is 0 Å². The van der Waals surface area contributed by atoms with Crippen molar-refractivity contribution in [1.82, 2.24) is 0 Å². The molecule has 0 saturated heterocycles. The number of nitrogens with two attached hydrogens (primary N) is 1. The Morgan fingerprint density at radius 3 is 1.05 bits per heavy atom. The van der Waals surface area contributed by atoms with Gasteiger partial charge in [0.25, 0.3) is 0 Å². The van der Waals surface area contributed by atoms with Gasteiger partial charge in [-0.2, -0.15) is 0 Å². The quantitative estimate of drug-likeness (QED) is 0.0707. The molecule has 9 aromatic carbocycles. The van der Waals surface area contributed by atoms with Crippen LogP contribution < -0.4 is 47.2 Å². The highest BCUT2D eigenvalue weighted by Gasteiger charge is 2.42. The predicted octanol–water partition coefficient (Wildman–Crippen LogP) is 8.36. The Balaban J connectivity index is 1.25. The van der Waals surface area contributed by atoms with E-state index < -0.39 is 16.1 Å². The molecule has 0 aliphatic rings. The van der Waals surface area contributed by atoms with Crippen LogP contribution in [0.3, 0.4) is 0 Å². The van der Waals surface area contributed by atoms with E-state index in [2.05, 4.69) is 270 Å². The van der Waals surface area contributed by atoms with Crippen LogP contribution in [0, 0.1) is 20.8 Å². The maximum absolute atomic E-state index is 7.41. The molecule has 0 heterocycles. The van der Waals surface area contributed by atoms with Crippen molar-refractivity contribution in [3.63, 3.8) is 0 Å². The Labute approximate surface area is 387 Å². The van der Waals surface area contributed by atoms with Crippen molar-refractivity contribution < 1.29 is 0 Å². The first kappa shape index (κ1) is 42.9. The van der Waals surface area contributed by atoms with Gasteiger partial charge in [0, 0.05) is 5.70 Å². The Hall–Kier alpha value is -7.38. The Kier molecular flexibility index (Phi) is 12.6. The van der Waals surface area contributed by atoms with E-state index in [-0.39, 0.29) is 0 Å². The van der Waals surface area contributed by atoms with Crippen molar-refractivity contribution in [2.75, 3.05) is 0 Å². The molecule has 0 saturated carbocycles. The Bertz CT molecular complexity index is 2860. The zero-order valence-electron chi connectivity index (χ0n) is 37.4. The zero-order chi connectivity index (χ0) is 44.6. The molecule has 316 valence electrons. The summed E-state index contributed by atoms with van der Waals surface area (Å²) in [5.41, 5.74) is 15.9. The number of rotatable bonds is 13. The fraction of sp³-hybridized carbons (Fsp3) is 0.0656. The number of nitrogens with zero attached hydrogens (tertiary/aromatic N) is 1. The maximum Gasteiger partial charge on any atom is 0.179 e. The van der Waals surface area contributed by atoms with E-state index in [9.17, 15) is 0 Å². The van der Waals surface area contributed by atoms with E-state index in [1.54, 1.807) is 0 Å². The van der Waals surface area contributed by atoms with E-state index >= 15 is 0 Å². The maximum atomic E-state index is 7.41. The zero-order valence-corrected chi connectivity index (χ0v) is 39.4. The van der Waals surface area contributed by atoms with Crippen molar-refractivity contribution >= 4 is 69.1 Å². The van der Waals surface area contributed by atoms with Gasteiger partial charge in [0.2, 0.25) is 0 Å². The molecule has 9 rings (SSSR count). The summed E-state index contributed by atoms with van der Waals surface area (Å²) >= 11 is 0. The number of aryl methyl sites for hydroxylation is 3. The first-order valence-electron chi connectivity index (χ1n) is 22.5. The molecule has 0 aliphatic heterocycles. The van der Waals surface area contributed by atoms with Gasteiger partial charge in [-0.25, -0.2) is 0 Å². The number of hydrogen-bond acceptors (Lipinski definition) is 2. The smallest absolute Gasteiger partial charge is 0.179 e. The average molecular weight is 871 g/mol. The highest BCUT2D eigenvalue weighted by atomic mass is 28.3. The molecule has 0 amide bonds. The minimum absolute atomic E-state index is 0.534. The summed E-state index contributed by atoms with van der Waals surface area (Å²) in [6, 6.07) is 89.0. The average Bonchev–Trinajstić information content (AvgIpc) is 3.36. The summed E-state index contributed by atoms with van der Waals surface area (Å²) in [7, 11) is -5.61. The summed E-state index contributed by atoms with van der Waals surface area (Å²) < 4.78 is 0. The number of allylic oxidation sites excluding steroid dienone is 1. The van der Waals surface area contributed by atoms with Gasteiger partial charge >= 0.3 is 0 Å². The normalized spacial score (nSPS) is 12.2. The molecular weight excluding hydrogens is 817 g/mol. The SMILES string of the molecule is Cc1cc(C)c(CN=C(/C=C(\N)c2cccc([Si](c3ccccc3)(c3ccccc3)c3ccccc3)c2)c2cccc([Si](c3ccccc3)(c3ccccc3)c3ccccc3)c2)c(C)c1. The van der Waals surface area contributed by atoms with Crippen molar-refractivity contribution in [1.29, 1.82) is 0 Å². The molecule has 0 unspecified atom stereocenters. The van der Waals surface area contributed by atoms with Crippen LogP contribution in [0.4, 0.5) is 0 Å². The van der Waals surface area contributed by atoms with Crippen LogP contribution >= 0.6 is 0 Å². The standard InChI is InChI=1S/C61H54N2Si2/c1-46-40-47(2)59(48(3)41-46)45-63-61(50-25-23-39-58(43-50)65(54-32-16-7-17-33-54,55-34-18-8-19-35-55)56-36-20-9-21-37-56)44-60(62)49-24-22-38-57(42-49)64(51-26-10-4-11-27-51,52-28-12-5-13-29-52)53-30-14-6-15-31-53/h4-44H,45,62H2,1-3H3/b60-44-,63-61?. The van der Waals surface area contributed by atoms with Gasteiger partial charge in [-0.15, -0.1) is 0 Å². The lowest BCUT2D eigenvalue weighted by atomic mass is 9.99. The van der Waals surface area contributed by atoms with Crippen LogP contribution in [0.2, 0.25) is 0 Å². The molecule has 0 aromatic heterocycles. The molecule has 0 spiro atoms. The van der Waals surface area contributed by atoms with Gasteiger partial charge in [-0.1, -0.05) is 248 Å². The van der Waals surface area contributed by atoms with Gasteiger partial charge < -0.3 is 5.73 Å². The van der Waals surface area contributed by atoms with Crippen molar-refractivity contribution in [2.24, 2.45) is 10.7 Å². The molecule has 0 radical (unpaired) electrons. The third kappa shape index (κ3) is 8.42. The Morgan fingerprint density at radius 1 is 0.385 bits per heavy atom. The summed E-state index contributed by atoms with van der Waals surface area (Å²) in [6.07, 6.45) is 2.12. The number of benzene rings is 9. The van der Waals surface area contributed by atoms with Gasteiger partial charge in [0.05, 0.1) is 12.3 Å². The summed E-state index contributed by atoms with van der Waals surface area (Å²) in [5, 5.41) is 10.5. The highest BCUT2D eigenvalue weighted by molar-refractivity contribution is 7.20. The molecule has 0 bridgehead atoms. The largest absolute Gasteiger partial charge is 0.398 e. The lowest BCUT2D eigenvalue weighted by Gasteiger charge is -2.34. The second-order valence-electron chi connectivity index (χ2n) is 17.0. The summed E-state index contributed by atoms with van der Waals surface area (Å²) in [6.45, 7) is 7.09. The molecule has 0 aliphatic carbocycles. The van der Waals surface area contributed by atoms with E-state index in [1.165, 1.54) is 63.7 Å². The van der Waals surface area contributed by atoms with Crippen LogP contribution in [0.1, 0.15) is 33.4 Å². The fourth-order valence-corrected chi connectivity index (χ4v) is 19.6. The van der Waals surface area contributed by atoms with Gasteiger partial charge in [-0.3, -0.25) is 4.99 Å². The van der Waals surface area contributed by atoms with E-state index in [1.807, 2.05) is 0 Å². The number of hydrogen-bond donors (Lipinski definition) is 1. The van der Waals surface area contributed by atoms with E-state index in [0.717, 1.165) is 16.8 Å². The van der Waals surface area contributed by atoms with Gasteiger partial charge in [-0.05, 0) is 96.2 Å². The first-order valence-corrected chi connectivity index (χ1v) is 26.5. The van der Waals surface area contributed by atoms with Crippen LogP contribution in [-0.4, -0.2) is 21.9 Å². The van der Waals surface area contributed by atoms with Gasteiger partial charge in [0.1, 0.15) is 0 Å². The molecule has 0 atom stereocenters. The second-order valence-corrected chi connectivity index (χ2v) is 24.7. The van der Waals surface area contributed by atoms with E-state index in [4.69, 9.17) is 10.7 Å². The highest BCUT2D eigenvalue weighted by Crippen LogP contribution is 2.21. The molecule has 2 N–H and O–H groups in total. The third-order valence-corrected chi connectivity index (χ3v) is 22.6. The predicted molar refractivity (Wildman–Crippen MR) is 283 cm³/mol. The molecule has 9 aromatic rings. The lowest BCUT2D eigenvalue weighted by Crippen LogP contribution is -2.74. The van der Waals surface area contributed by atoms with Crippen LogP contribution in [0.5, 0.6) is 0 Å². The summed E-state index contributed by atoms with van der Waals surface area (Å²) in [5.74, 6) is 0. The molecule has 0 fully saturated rings. The minimum atomic E-state index is -2.82. The fourth-order valence-electron chi connectivity index (χ4n) is 10.0. The van der Waals surface area contributed by atoms with Crippen molar-refractivity contribution in [3.05, 3.63) is 282 Å². The lowest BCUT2D eigenvalue weighted by molar-refractivity contribution is 1.02.